The second kappa shape index (κ2) is 7.36. The molecule has 0 radical (unpaired) electrons. The topological polar surface area (TPSA) is 17.1 Å². The van der Waals surface area contributed by atoms with E-state index in [2.05, 4.69) is 6.92 Å². The van der Waals surface area contributed by atoms with E-state index in [9.17, 15) is 13.6 Å². The number of hydrogen-bond donors (Lipinski definition) is 0. The molecule has 0 aliphatic heterocycles. The van der Waals surface area contributed by atoms with Crippen LogP contribution in [0.25, 0.3) is 0 Å². The van der Waals surface area contributed by atoms with E-state index in [1.165, 1.54) is 5.56 Å². The number of rotatable bonds is 6. The van der Waals surface area contributed by atoms with Crippen molar-refractivity contribution in [1.29, 1.82) is 0 Å². The van der Waals surface area contributed by atoms with E-state index in [1.807, 2.05) is 12.1 Å². The standard InChI is InChI=1S/C17H16F2OS/c1-2-3-12-4-6-13(7-5-12)16(20)11-21-17-10-14(18)8-9-15(17)19/h4-10H,2-3,11H2,1H3. The van der Waals surface area contributed by atoms with Crippen molar-refractivity contribution in [3.05, 3.63) is 65.2 Å². The van der Waals surface area contributed by atoms with Crippen molar-refractivity contribution in [1.82, 2.24) is 0 Å². The Morgan fingerprint density at radius 3 is 2.48 bits per heavy atom. The Kier molecular flexibility index (Phi) is 5.51. The van der Waals surface area contributed by atoms with Crippen LogP contribution in [0.1, 0.15) is 29.3 Å². The molecule has 0 heterocycles. The number of carbonyl (C=O) groups excluding carboxylic acids is 1. The second-order valence-corrected chi connectivity index (χ2v) is 5.75. The fraction of sp³-hybridized carbons (Fsp3) is 0.235. The Hall–Kier alpha value is -1.68. The van der Waals surface area contributed by atoms with E-state index in [0.717, 1.165) is 42.8 Å². The van der Waals surface area contributed by atoms with E-state index >= 15 is 0 Å². The van der Waals surface area contributed by atoms with Crippen LogP contribution >= 0.6 is 11.8 Å². The molecular weight excluding hydrogens is 290 g/mol. The van der Waals surface area contributed by atoms with Gasteiger partial charge in [-0.2, -0.15) is 0 Å². The third-order valence-corrected chi connectivity index (χ3v) is 4.10. The molecule has 2 rings (SSSR count). The third-order valence-electron chi connectivity index (χ3n) is 3.07. The van der Waals surface area contributed by atoms with Crippen LogP contribution in [0.3, 0.4) is 0 Å². The number of carbonyl (C=O) groups is 1. The molecule has 110 valence electrons. The average Bonchev–Trinajstić information content (AvgIpc) is 2.49. The third kappa shape index (κ3) is 4.39. The molecular formula is C17H16F2OS. The van der Waals surface area contributed by atoms with Crippen LogP contribution in [-0.4, -0.2) is 11.5 Å². The highest BCUT2D eigenvalue weighted by Crippen LogP contribution is 2.23. The minimum absolute atomic E-state index is 0.0908. The van der Waals surface area contributed by atoms with Crippen LogP contribution in [0.15, 0.2) is 47.4 Å². The maximum Gasteiger partial charge on any atom is 0.173 e. The lowest BCUT2D eigenvalue weighted by molar-refractivity contribution is 0.102. The highest BCUT2D eigenvalue weighted by Gasteiger charge is 2.10. The summed E-state index contributed by atoms with van der Waals surface area (Å²) < 4.78 is 26.5. The number of aryl methyl sites for hydroxylation is 1. The normalized spacial score (nSPS) is 10.6. The molecule has 0 fully saturated rings. The van der Waals surface area contributed by atoms with Gasteiger partial charge in [0.15, 0.2) is 5.78 Å². The van der Waals surface area contributed by atoms with Gasteiger partial charge in [0.1, 0.15) is 11.6 Å². The van der Waals surface area contributed by atoms with E-state index in [-0.39, 0.29) is 16.4 Å². The van der Waals surface area contributed by atoms with Gasteiger partial charge in [0.2, 0.25) is 0 Å². The lowest BCUT2D eigenvalue weighted by Gasteiger charge is -2.04. The average molecular weight is 306 g/mol. The molecule has 4 heteroatoms. The van der Waals surface area contributed by atoms with Crippen molar-refractivity contribution >= 4 is 17.5 Å². The minimum Gasteiger partial charge on any atom is -0.293 e. The van der Waals surface area contributed by atoms with Crippen LogP contribution < -0.4 is 0 Å². The van der Waals surface area contributed by atoms with E-state index < -0.39 is 11.6 Å². The van der Waals surface area contributed by atoms with Gasteiger partial charge >= 0.3 is 0 Å². The fourth-order valence-corrected chi connectivity index (χ4v) is 2.82. The monoisotopic (exact) mass is 306 g/mol. The molecule has 0 saturated carbocycles. The van der Waals surface area contributed by atoms with Crippen LogP contribution in [0.5, 0.6) is 0 Å². The predicted octanol–water partition coefficient (Wildman–Crippen LogP) is 4.89. The van der Waals surface area contributed by atoms with Crippen molar-refractivity contribution in [3.63, 3.8) is 0 Å². The van der Waals surface area contributed by atoms with E-state index in [1.54, 1.807) is 12.1 Å². The molecule has 21 heavy (non-hydrogen) atoms. The first kappa shape index (κ1) is 15.7. The molecule has 2 aromatic carbocycles. The highest BCUT2D eigenvalue weighted by atomic mass is 32.2. The molecule has 0 N–H and O–H groups in total. The maximum atomic E-state index is 13.5. The van der Waals surface area contributed by atoms with Gasteiger partial charge in [-0.3, -0.25) is 4.79 Å². The van der Waals surface area contributed by atoms with Crippen molar-refractivity contribution in [2.75, 3.05) is 5.75 Å². The number of hydrogen-bond acceptors (Lipinski definition) is 2. The molecule has 0 aromatic heterocycles. The summed E-state index contributed by atoms with van der Waals surface area (Å²) in [6.45, 7) is 2.10. The van der Waals surface area contributed by atoms with Crippen molar-refractivity contribution in [2.45, 2.75) is 24.7 Å². The first-order valence-electron chi connectivity index (χ1n) is 6.80. The van der Waals surface area contributed by atoms with Gasteiger partial charge in [0, 0.05) is 10.5 Å². The van der Waals surface area contributed by atoms with Crippen LogP contribution in [0, 0.1) is 11.6 Å². The Morgan fingerprint density at radius 1 is 1.10 bits per heavy atom. The summed E-state index contributed by atoms with van der Waals surface area (Å²) >= 11 is 1.01. The van der Waals surface area contributed by atoms with Gasteiger partial charge in [-0.15, -0.1) is 11.8 Å². The first-order chi connectivity index (χ1) is 10.1. The Morgan fingerprint density at radius 2 is 1.81 bits per heavy atom. The summed E-state index contributed by atoms with van der Waals surface area (Å²) in [5.41, 5.74) is 1.79. The quantitative estimate of drug-likeness (QED) is 0.558. The summed E-state index contributed by atoms with van der Waals surface area (Å²) in [7, 11) is 0. The zero-order valence-corrected chi connectivity index (χ0v) is 12.6. The maximum absolute atomic E-state index is 13.5. The summed E-state index contributed by atoms with van der Waals surface area (Å²) in [5.74, 6) is -1.01. The van der Waals surface area contributed by atoms with E-state index in [4.69, 9.17) is 0 Å². The lowest BCUT2D eigenvalue weighted by Crippen LogP contribution is -2.03. The zero-order valence-electron chi connectivity index (χ0n) is 11.7. The Labute approximate surface area is 127 Å². The van der Waals surface area contributed by atoms with Crippen LogP contribution in [0.2, 0.25) is 0 Å². The lowest BCUT2D eigenvalue weighted by atomic mass is 10.1. The molecule has 0 saturated heterocycles. The molecule has 0 bridgehead atoms. The van der Waals surface area contributed by atoms with Gasteiger partial charge in [0.05, 0.1) is 5.75 Å². The van der Waals surface area contributed by atoms with Crippen molar-refractivity contribution in [3.8, 4) is 0 Å². The predicted molar refractivity (Wildman–Crippen MR) is 81.8 cm³/mol. The van der Waals surface area contributed by atoms with Crippen LogP contribution in [0.4, 0.5) is 8.78 Å². The smallest absolute Gasteiger partial charge is 0.173 e. The van der Waals surface area contributed by atoms with Gasteiger partial charge in [-0.1, -0.05) is 37.6 Å². The van der Waals surface area contributed by atoms with Crippen LogP contribution in [-0.2, 0) is 6.42 Å². The minimum atomic E-state index is -0.507. The summed E-state index contributed by atoms with van der Waals surface area (Å²) in [5, 5.41) is 0. The molecule has 0 atom stereocenters. The van der Waals surface area contributed by atoms with Gasteiger partial charge < -0.3 is 0 Å². The molecule has 1 nitrogen and oxygen atoms in total. The van der Waals surface area contributed by atoms with Gasteiger partial charge in [0.25, 0.3) is 0 Å². The molecule has 2 aromatic rings. The number of Topliss-reactive ketones (excluding diaryl/α,β-unsaturated/α-hetero) is 1. The SMILES string of the molecule is CCCc1ccc(C(=O)CSc2cc(F)ccc2F)cc1. The summed E-state index contributed by atoms with van der Waals surface area (Å²) in [6, 6.07) is 10.7. The largest absolute Gasteiger partial charge is 0.293 e. The first-order valence-corrected chi connectivity index (χ1v) is 7.78. The zero-order chi connectivity index (χ0) is 15.2. The summed E-state index contributed by atoms with van der Waals surface area (Å²) in [6.07, 6.45) is 2.04. The Bertz CT molecular complexity index is 623. The molecule has 0 unspecified atom stereocenters. The molecule has 0 aliphatic carbocycles. The number of benzene rings is 2. The number of ketones is 1. The number of halogens is 2. The highest BCUT2D eigenvalue weighted by molar-refractivity contribution is 8.00. The van der Waals surface area contributed by atoms with E-state index in [0.29, 0.717) is 5.56 Å². The van der Waals surface area contributed by atoms with Gasteiger partial charge in [-0.25, -0.2) is 8.78 Å². The van der Waals surface area contributed by atoms with Crippen molar-refractivity contribution in [2.24, 2.45) is 0 Å². The Balaban J connectivity index is 1.99. The fourth-order valence-electron chi connectivity index (χ4n) is 1.96. The second-order valence-electron chi connectivity index (χ2n) is 4.73. The molecule has 0 amide bonds. The molecule has 0 aliphatic rings. The molecule has 0 spiro atoms. The number of thioether (sulfide) groups is 1. The summed E-state index contributed by atoms with van der Waals surface area (Å²) in [4.78, 5) is 12.2. The van der Waals surface area contributed by atoms with Crippen molar-refractivity contribution < 1.29 is 13.6 Å². The van der Waals surface area contributed by atoms with Gasteiger partial charge in [-0.05, 0) is 30.2 Å².